The lowest BCUT2D eigenvalue weighted by atomic mass is 10.1. The topological polar surface area (TPSA) is 33.0 Å². The third kappa shape index (κ3) is 2.55. The Labute approximate surface area is 115 Å². The van der Waals surface area contributed by atoms with Crippen LogP contribution < -0.4 is 4.74 Å². The minimum atomic E-state index is 0.550. The monoisotopic (exact) mass is 301 g/mol. The molecule has 0 saturated carbocycles. The Hall–Kier alpha value is -1.79. The zero-order valence-corrected chi connectivity index (χ0v) is 11.8. The van der Waals surface area contributed by atoms with E-state index in [0.717, 1.165) is 21.3 Å². The van der Waals surface area contributed by atoms with Gasteiger partial charge in [0.05, 0.1) is 5.56 Å². The molecule has 0 N–H and O–H groups in total. The molecule has 0 amide bonds. The first-order chi connectivity index (χ1) is 8.61. The van der Waals surface area contributed by atoms with Gasteiger partial charge in [0.15, 0.2) is 0 Å². The molecule has 0 fully saturated rings. The minimum absolute atomic E-state index is 0.550. The van der Waals surface area contributed by atoms with Crippen LogP contribution in [0, 0.1) is 25.2 Å². The highest BCUT2D eigenvalue weighted by Gasteiger charge is 2.09. The standard InChI is InChI=1S/C15H12BrNO/c1-10-6-7-13(16)8-14(10)18-15-11(2)4-3-5-12(15)9-17/h3-8H,1-2H3. The van der Waals surface area contributed by atoms with Crippen LogP contribution in [-0.2, 0) is 0 Å². The second-order valence-electron chi connectivity index (χ2n) is 4.08. The van der Waals surface area contributed by atoms with E-state index in [4.69, 9.17) is 10.00 Å². The summed E-state index contributed by atoms with van der Waals surface area (Å²) in [7, 11) is 0. The summed E-state index contributed by atoms with van der Waals surface area (Å²) in [5.74, 6) is 1.39. The second kappa shape index (κ2) is 5.24. The number of hydrogen-bond donors (Lipinski definition) is 0. The predicted octanol–water partition coefficient (Wildman–Crippen LogP) is 4.73. The molecule has 0 heterocycles. The van der Waals surface area contributed by atoms with Gasteiger partial charge in [0.2, 0.25) is 0 Å². The number of para-hydroxylation sites is 1. The number of hydrogen-bond acceptors (Lipinski definition) is 2. The number of nitriles is 1. The number of halogens is 1. The van der Waals surface area contributed by atoms with Crippen LogP contribution >= 0.6 is 15.9 Å². The molecule has 0 radical (unpaired) electrons. The summed E-state index contributed by atoms with van der Waals surface area (Å²) in [6.45, 7) is 3.91. The quantitative estimate of drug-likeness (QED) is 0.803. The van der Waals surface area contributed by atoms with Crippen LogP contribution in [0.2, 0.25) is 0 Å². The van der Waals surface area contributed by atoms with E-state index in [-0.39, 0.29) is 0 Å². The molecule has 0 saturated heterocycles. The van der Waals surface area contributed by atoms with Crippen molar-refractivity contribution >= 4 is 15.9 Å². The van der Waals surface area contributed by atoms with E-state index in [1.807, 2.05) is 44.2 Å². The lowest BCUT2D eigenvalue weighted by molar-refractivity contribution is 0.473. The Bertz CT molecular complexity index is 629. The largest absolute Gasteiger partial charge is 0.455 e. The van der Waals surface area contributed by atoms with Gasteiger partial charge in [-0.2, -0.15) is 5.26 Å². The number of aryl methyl sites for hydroxylation is 2. The Kier molecular flexibility index (Phi) is 3.69. The van der Waals surface area contributed by atoms with Crippen LogP contribution in [0.5, 0.6) is 11.5 Å². The van der Waals surface area contributed by atoms with Gasteiger partial charge in [-0.1, -0.05) is 34.1 Å². The van der Waals surface area contributed by atoms with Gasteiger partial charge >= 0.3 is 0 Å². The van der Waals surface area contributed by atoms with Crippen molar-refractivity contribution in [2.24, 2.45) is 0 Å². The van der Waals surface area contributed by atoms with Gasteiger partial charge < -0.3 is 4.74 Å². The van der Waals surface area contributed by atoms with Crippen molar-refractivity contribution in [1.29, 1.82) is 5.26 Å². The van der Waals surface area contributed by atoms with Gasteiger partial charge in [-0.15, -0.1) is 0 Å². The van der Waals surface area contributed by atoms with Gasteiger partial charge in [-0.25, -0.2) is 0 Å². The third-order valence-electron chi connectivity index (χ3n) is 2.69. The molecule has 0 atom stereocenters. The van der Waals surface area contributed by atoms with Gasteiger partial charge in [0.1, 0.15) is 17.6 Å². The molecule has 2 nitrogen and oxygen atoms in total. The molecule has 0 aliphatic rings. The van der Waals surface area contributed by atoms with Gasteiger partial charge in [0, 0.05) is 4.47 Å². The summed E-state index contributed by atoms with van der Waals surface area (Å²) in [6.07, 6.45) is 0. The lowest BCUT2D eigenvalue weighted by Gasteiger charge is -2.12. The number of benzene rings is 2. The third-order valence-corrected chi connectivity index (χ3v) is 3.19. The first-order valence-electron chi connectivity index (χ1n) is 5.55. The predicted molar refractivity (Wildman–Crippen MR) is 74.8 cm³/mol. The Morgan fingerprint density at radius 3 is 2.61 bits per heavy atom. The fraction of sp³-hybridized carbons (Fsp3) is 0.133. The van der Waals surface area contributed by atoms with E-state index < -0.39 is 0 Å². The second-order valence-corrected chi connectivity index (χ2v) is 4.99. The fourth-order valence-corrected chi connectivity index (χ4v) is 2.01. The van der Waals surface area contributed by atoms with Crippen LogP contribution in [0.1, 0.15) is 16.7 Å². The molecule has 18 heavy (non-hydrogen) atoms. The minimum Gasteiger partial charge on any atom is -0.455 e. The van der Waals surface area contributed by atoms with Gasteiger partial charge in [0.25, 0.3) is 0 Å². The summed E-state index contributed by atoms with van der Waals surface area (Å²) in [5, 5.41) is 9.11. The molecule has 0 unspecified atom stereocenters. The zero-order chi connectivity index (χ0) is 13.1. The highest BCUT2D eigenvalue weighted by molar-refractivity contribution is 9.10. The van der Waals surface area contributed by atoms with E-state index in [1.165, 1.54) is 0 Å². The molecule has 0 spiro atoms. The van der Waals surface area contributed by atoms with E-state index >= 15 is 0 Å². The normalized spacial score (nSPS) is 9.89. The van der Waals surface area contributed by atoms with Crippen molar-refractivity contribution in [1.82, 2.24) is 0 Å². The summed E-state index contributed by atoms with van der Waals surface area (Å²) in [6, 6.07) is 13.5. The molecule has 2 aromatic carbocycles. The van der Waals surface area contributed by atoms with Crippen molar-refractivity contribution in [3.63, 3.8) is 0 Å². The molecular formula is C15H12BrNO. The van der Waals surface area contributed by atoms with Crippen LogP contribution in [-0.4, -0.2) is 0 Å². The summed E-state index contributed by atoms with van der Waals surface area (Å²) >= 11 is 3.42. The molecule has 90 valence electrons. The van der Waals surface area contributed by atoms with Crippen LogP contribution in [0.25, 0.3) is 0 Å². The van der Waals surface area contributed by atoms with Gasteiger partial charge in [-0.05, 0) is 43.2 Å². The average molecular weight is 302 g/mol. The van der Waals surface area contributed by atoms with E-state index in [1.54, 1.807) is 6.07 Å². The van der Waals surface area contributed by atoms with Crippen molar-refractivity contribution in [2.45, 2.75) is 13.8 Å². The molecule has 2 rings (SSSR count). The number of nitrogens with zero attached hydrogens (tertiary/aromatic N) is 1. The summed E-state index contributed by atoms with van der Waals surface area (Å²) in [4.78, 5) is 0. The first-order valence-corrected chi connectivity index (χ1v) is 6.35. The van der Waals surface area contributed by atoms with E-state index in [0.29, 0.717) is 11.3 Å². The lowest BCUT2D eigenvalue weighted by Crippen LogP contribution is -1.93. The van der Waals surface area contributed by atoms with E-state index in [9.17, 15) is 0 Å². The first kappa shape index (κ1) is 12.7. The number of ether oxygens (including phenoxy) is 1. The van der Waals surface area contributed by atoms with Crippen molar-refractivity contribution in [3.05, 3.63) is 57.6 Å². The van der Waals surface area contributed by atoms with Gasteiger partial charge in [-0.3, -0.25) is 0 Å². The SMILES string of the molecule is Cc1ccc(Br)cc1Oc1c(C)cccc1C#N. The van der Waals surface area contributed by atoms with Crippen molar-refractivity contribution < 1.29 is 4.74 Å². The summed E-state index contributed by atoms with van der Waals surface area (Å²) < 4.78 is 6.84. The maximum atomic E-state index is 9.11. The molecule has 2 aromatic rings. The summed E-state index contributed by atoms with van der Waals surface area (Å²) in [5.41, 5.74) is 2.54. The van der Waals surface area contributed by atoms with Crippen LogP contribution in [0.3, 0.4) is 0 Å². The molecule has 0 aromatic heterocycles. The van der Waals surface area contributed by atoms with Crippen LogP contribution in [0.4, 0.5) is 0 Å². The van der Waals surface area contributed by atoms with Crippen LogP contribution in [0.15, 0.2) is 40.9 Å². The van der Waals surface area contributed by atoms with E-state index in [2.05, 4.69) is 22.0 Å². The maximum absolute atomic E-state index is 9.11. The molecular weight excluding hydrogens is 290 g/mol. The molecule has 0 aliphatic heterocycles. The smallest absolute Gasteiger partial charge is 0.148 e. The fourth-order valence-electron chi connectivity index (χ4n) is 1.67. The molecule has 0 bridgehead atoms. The van der Waals surface area contributed by atoms with Crippen molar-refractivity contribution in [3.8, 4) is 17.6 Å². The molecule has 0 aliphatic carbocycles. The highest BCUT2D eigenvalue weighted by atomic mass is 79.9. The highest BCUT2D eigenvalue weighted by Crippen LogP contribution is 2.32. The average Bonchev–Trinajstić information content (AvgIpc) is 2.36. The zero-order valence-electron chi connectivity index (χ0n) is 10.2. The Morgan fingerprint density at radius 1 is 1.11 bits per heavy atom. The number of rotatable bonds is 2. The van der Waals surface area contributed by atoms with Crippen molar-refractivity contribution in [2.75, 3.05) is 0 Å². The maximum Gasteiger partial charge on any atom is 0.148 e. The molecule has 3 heteroatoms. The Balaban J connectivity index is 2.46. The Morgan fingerprint density at radius 2 is 1.89 bits per heavy atom.